The molecule has 90 valence electrons. The number of rotatable bonds is 3. The van der Waals surface area contributed by atoms with Crippen LogP contribution in [-0.4, -0.2) is 34.8 Å². The van der Waals surface area contributed by atoms with Crippen LogP contribution in [0.25, 0.3) is 0 Å². The molecule has 1 aromatic rings. The van der Waals surface area contributed by atoms with Crippen LogP contribution in [0, 0.1) is 6.92 Å². The first kappa shape index (κ1) is 12.9. The Kier molecular flexibility index (Phi) is 3.87. The van der Waals surface area contributed by atoms with E-state index < -0.39 is 24.7 Å². The lowest BCUT2D eigenvalue weighted by molar-refractivity contribution is -0.201. The number of carbonyl (C=O) groups excluding carboxylic acids is 1. The van der Waals surface area contributed by atoms with Gasteiger partial charge in [0.05, 0.1) is 17.7 Å². The van der Waals surface area contributed by atoms with E-state index in [0.717, 1.165) is 11.3 Å². The van der Waals surface area contributed by atoms with Crippen molar-refractivity contribution in [3.8, 4) is 0 Å². The Morgan fingerprint density at radius 3 is 2.75 bits per heavy atom. The highest BCUT2D eigenvalue weighted by Crippen LogP contribution is 2.19. The number of amides is 1. The summed E-state index contributed by atoms with van der Waals surface area (Å²) in [5.74, 6) is -0.672. The molecule has 8 heteroatoms. The third kappa shape index (κ3) is 3.46. The summed E-state index contributed by atoms with van der Waals surface area (Å²) in [6, 6.07) is 0. The van der Waals surface area contributed by atoms with Crippen LogP contribution in [0.2, 0.25) is 0 Å². The molecule has 1 atom stereocenters. The number of carbonyl (C=O) groups is 1. The van der Waals surface area contributed by atoms with Crippen LogP contribution in [0.1, 0.15) is 14.7 Å². The molecule has 1 amide bonds. The van der Waals surface area contributed by atoms with E-state index in [4.69, 9.17) is 5.11 Å². The molecule has 0 aliphatic heterocycles. The summed E-state index contributed by atoms with van der Waals surface area (Å²) in [6.07, 6.45) is -6.00. The number of nitrogens with one attached hydrogen (secondary N) is 1. The molecule has 0 saturated carbocycles. The van der Waals surface area contributed by atoms with Crippen LogP contribution >= 0.6 is 11.3 Å². The molecule has 1 heterocycles. The topological polar surface area (TPSA) is 62.2 Å². The molecule has 0 bridgehead atoms. The average molecular weight is 254 g/mol. The molecular formula is C8H9F3N2O2S. The largest absolute Gasteiger partial charge is 0.416 e. The van der Waals surface area contributed by atoms with E-state index in [2.05, 4.69) is 4.98 Å². The van der Waals surface area contributed by atoms with E-state index in [9.17, 15) is 18.0 Å². The molecule has 2 N–H and O–H groups in total. The van der Waals surface area contributed by atoms with Crippen LogP contribution in [0.15, 0.2) is 6.20 Å². The number of nitrogens with zero attached hydrogens (tertiary/aromatic N) is 1. The minimum absolute atomic E-state index is 0.215. The van der Waals surface area contributed by atoms with Crippen molar-refractivity contribution >= 4 is 17.2 Å². The maximum absolute atomic E-state index is 11.9. The zero-order chi connectivity index (χ0) is 12.3. The second kappa shape index (κ2) is 4.79. The lowest BCUT2D eigenvalue weighted by atomic mass is 10.3. The summed E-state index contributed by atoms with van der Waals surface area (Å²) in [5.41, 5.74) is 0. The van der Waals surface area contributed by atoms with Crippen molar-refractivity contribution < 1.29 is 23.1 Å². The first-order valence-electron chi connectivity index (χ1n) is 4.26. The summed E-state index contributed by atoms with van der Waals surface area (Å²) >= 11 is 1.07. The number of aromatic nitrogens is 1. The summed E-state index contributed by atoms with van der Waals surface area (Å²) in [6.45, 7) is 0.811. The number of alkyl halides is 3. The standard InChI is InChI=1S/C8H9F3N2O2S/c1-4-12-2-5(16-4)7(15)13-3-6(14)8(9,10)11/h2,6,14H,3H2,1H3,(H,13,15). The van der Waals surface area contributed by atoms with Gasteiger partial charge >= 0.3 is 6.18 Å². The fraction of sp³-hybridized carbons (Fsp3) is 0.500. The van der Waals surface area contributed by atoms with Gasteiger partial charge in [0, 0.05) is 0 Å². The van der Waals surface area contributed by atoms with E-state index in [0.29, 0.717) is 5.01 Å². The molecule has 0 saturated heterocycles. The van der Waals surface area contributed by atoms with Gasteiger partial charge in [-0.05, 0) is 6.92 Å². The highest BCUT2D eigenvalue weighted by Gasteiger charge is 2.38. The zero-order valence-electron chi connectivity index (χ0n) is 8.21. The molecule has 0 aliphatic carbocycles. The number of hydrogen-bond donors (Lipinski definition) is 2. The molecule has 0 spiro atoms. The fourth-order valence-electron chi connectivity index (χ4n) is 0.859. The van der Waals surface area contributed by atoms with Crippen molar-refractivity contribution in [2.24, 2.45) is 0 Å². The van der Waals surface area contributed by atoms with Gasteiger partial charge in [-0.3, -0.25) is 4.79 Å². The zero-order valence-corrected chi connectivity index (χ0v) is 9.02. The average Bonchev–Trinajstić information content (AvgIpc) is 2.59. The van der Waals surface area contributed by atoms with E-state index in [1.807, 2.05) is 5.32 Å². The van der Waals surface area contributed by atoms with Crippen molar-refractivity contribution in [2.75, 3.05) is 6.54 Å². The minimum Gasteiger partial charge on any atom is -0.382 e. The van der Waals surface area contributed by atoms with Gasteiger partial charge in [0.1, 0.15) is 4.88 Å². The van der Waals surface area contributed by atoms with Crippen molar-refractivity contribution in [3.05, 3.63) is 16.1 Å². The number of halogens is 3. The van der Waals surface area contributed by atoms with Gasteiger partial charge in [0.15, 0.2) is 6.10 Å². The van der Waals surface area contributed by atoms with Gasteiger partial charge in [0.2, 0.25) is 0 Å². The maximum Gasteiger partial charge on any atom is 0.416 e. The Labute approximate surface area is 93.1 Å². The van der Waals surface area contributed by atoms with E-state index in [1.165, 1.54) is 6.20 Å². The predicted octanol–water partition coefficient (Wildman–Crippen LogP) is 1.10. The fourth-order valence-corrected chi connectivity index (χ4v) is 1.55. The second-order valence-electron chi connectivity index (χ2n) is 3.01. The maximum atomic E-state index is 11.9. The van der Waals surface area contributed by atoms with Crippen molar-refractivity contribution in [3.63, 3.8) is 0 Å². The summed E-state index contributed by atoms with van der Waals surface area (Å²) in [7, 11) is 0. The Bertz CT molecular complexity index is 378. The molecule has 0 aliphatic rings. The summed E-state index contributed by atoms with van der Waals surface area (Å²) in [5, 5.41) is 11.3. The number of thiazole rings is 1. The van der Waals surface area contributed by atoms with Gasteiger partial charge in [-0.15, -0.1) is 11.3 Å². The Morgan fingerprint density at radius 2 is 2.31 bits per heavy atom. The van der Waals surface area contributed by atoms with Crippen LogP contribution in [-0.2, 0) is 0 Å². The number of aliphatic hydroxyl groups is 1. The Balaban J connectivity index is 2.48. The van der Waals surface area contributed by atoms with Gasteiger partial charge in [-0.2, -0.15) is 13.2 Å². The van der Waals surface area contributed by atoms with E-state index >= 15 is 0 Å². The number of hydrogen-bond acceptors (Lipinski definition) is 4. The third-order valence-electron chi connectivity index (χ3n) is 1.68. The molecular weight excluding hydrogens is 245 g/mol. The van der Waals surface area contributed by atoms with E-state index in [-0.39, 0.29) is 4.88 Å². The molecule has 0 radical (unpaired) electrons. The first-order valence-corrected chi connectivity index (χ1v) is 5.07. The van der Waals surface area contributed by atoms with Gasteiger partial charge < -0.3 is 10.4 Å². The SMILES string of the molecule is Cc1ncc(C(=O)NCC(O)C(F)(F)F)s1. The highest BCUT2D eigenvalue weighted by atomic mass is 32.1. The number of aliphatic hydroxyl groups excluding tert-OH is 1. The molecule has 16 heavy (non-hydrogen) atoms. The molecule has 1 rings (SSSR count). The quantitative estimate of drug-likeness (QED) is 0.849. The molecule has 1 aromatic heterocycles. The lowest BCUT2D eigenvalue weighted by Gasteiger charge is -2.14. The second-order valence-corrected chi connectivity index (χ2v) is 4.25. The highest BCUT2D eigenvalue weighted by molar-refractivity contribution is 7.13. The minimum atomic E-state index is -4.73. The Hall–Kier alpha value is -1.15. The summed E-state index contributed by atoms with van der Waals surface area (Å²) < 4.78 is 35.7. The monoisotopic (exact) mass is 254 g/mol. The van der Waals surface area contributed by atoms with Gasteiger partial charge in [-0.25, -0.2) is 4.98 Å². The van der Waals surface area contributed by atoms with Gasteiger partial charge in [-0.1, -0.05) is 0 Å². The lowest BCUT2D eigenvalue weighted by Crippen LogP contribution is -2.40. The third-order valence-corrected chi connectivity index (χ3v) is 2.59. The van der Waals surface area contributed by atoms with Crippen molar-refractivity contribution in [1.82, 2.24) is 10.3 Å². The number of aryl methyl sites for hydroxylation is 1. The van der Waals surface area contributed by atoms with Crippen LogP contribution in [0.4, 0.5) is 13.2 Å². The summed E-state index contributed by atoms with van der Waals surface area (Å²) in [4.78, 5) is 15.3. The van der Waals surface area contributed by atoms with Crippen molar-refractivity contribution in [1.29, 1.82) is 0 Å². The molecule has 4 nitrogen and oxygen atoms in total. The van der Waals surface area contributed by atoms with Gasteiger partial charge in [0.25, 0.3) is 5.91 Å². The van der Waals surface area contributed by atoms with Crippen LogP contribution in [0.5, 0.6) is 0 Å². The molecule has 0 aromatic carbocycles. The normalized spacial score (nSPS) is 13.6. The van der Waals surface area contributed by atoms with Crippen LogP contribution < -0.4 is 5.32 Å². The molecule has 1 unspecified atom stereocenters. The van der Waals surface area contributed by atoms with Crippen molar-refractivity contribution in [2.45, 2.75) is 19.2 Å². The smallest absolute Gasteiger partial charge is 0.382 e. The first-order chi connectivity index (χ1) is 7.30. The molecule has 0 fully saturated rings. The van der Waals surface area contributed by atoms with E-state index in [1.54, 1.807) is 6.92 Å². The predicted molar refractivity (Wildman–Crippen MR) is 51.2 cm³/mol. The van der Waals surface area contributed by atoms with Crippen LogP contribution in [0.3, 0.4) is 0 Å². The Morgan fingerprint density at radius 1 is 1.69 bits per heavy atom.